The molecule has 1 N–H and O–H groups in total. The number of hydrogen-bond acceptors (Lipinski definition) is 5. The van der Waals surface area contributed by atoms with E-state index in [0.717, 1.165) is 32.8 Å². The second-order valence-corrected chi connectivity index (χ2v) is 6.23. The van der Waals surface area contributed by atoms with E-state index >= 15 is 0 Å². The smallest absolute Gasteiger partial charge is 0.227 e. The van der Waals surface area contributed by atoms with E-state index in [1.807, 2.05) is 42.5 Å². The third kappa shape index (κ3) is 4.03. The number of nitrogens with zero attached hydrogens (tertiary/aromatic N) is 1. The third-order valence-corrected chi connectivity index (χ3v) is 4.45. The molecule has 5 nitrogen and oxygen atoms in total. The quantitative estimate of drug-likeness (QED) is 0.633. The largest absolute Gasteiger partial charge is 0.493 e. The van der Waals surface area contributed by atoms with Crippen LogP contribution in [0.2, 0.25) is 0 Å². The molecule has 25 heavy (non-hydrogen) atoms. The van der Waals surface area contributed by atoms with Gasteiger partial charge in [-0.25, -0.2) is 4.98 Å². The Bertz CT molecular complexity index is 848. The summed E-state index contributed by atoms with van der Waals surface area (Å²) in [6.45, 7) is 1.23. The number of aromatic nitrogens is 1. The lowest BCUT2D eigenvalue weighted by Crippen LogP contribution is -2.13. The molecule has 130 valence electrons. The highest BCUT2D eigenvalue weighted by molar-refractivity contribution is 9.10. The first-order valence-electron chi connectivity index (χ1n) is 7.83. The van der Waals surface area contributed by atoms with Gasteiger partial charge in [0, 0.05) is 23.1 Å². The van der Waals surface area contributed by atoms with Crippen molar-refractivity contribution >= 4 is 15.9 Å². The highest BCUT2D eigenvalue weighted by atomic mass is 79.9. The van der Waals surface area contributed by atoms with Gasteiger partial charge < -0.3 is 19.2 Å². The number of hydrogen-bond donors (Lipinski definition) is 1. The zero-order chi connectivity index (χ0) is 17.6. The van der Waals surface area contributed by atoms with Crippen molar-refractivity contribution in [1.29, 1.82) is 0 Å². The van der Waals surface area contributed by atoms with Crippen LogP contribution in [-0.2, 0) is 13.1 Å². The van der Waals surface area contributed by atoms with Crippen molar-refractivity contribution in [3.8, 4) is 23.0 Å². The van der Waals surface area contributed by atoms with Crippen LogP contribution in [0.4, 0.5) is 0 Å². The van der Waals surface area contributed by atoms with Gasteiger partial charge in [0.25, 0.3) is 0 Å². The first kappa shape index (κ1) is 17.5. The van der Waals surface area contributed by atoms with Gasteiger partial charge in [0.15, 0.2) is 11.5 Å². The topological polar surface area (TPSA) is 56.5 Å². The van der Waals surface area contributed by atoms with Gasteiger partial charge in [-0.15, -0.1) is 0 Å². The Morgan fingerprint density at radius 3 is 2.64 bits per heavy atom. The summed E-state index contributed by atoms with van der Waals surface area (Å²) in [6, 6.07) is 13.7. The number of ether oxygens (including phenoxy) is 2. The molecule has 2 aromatic carbocycles. The number of para-hydroxylation sites is 1. The lowest BCUT2D eigenvalue weighted by atomic mass is 10.2. The highest BCUT2D eigenvalue weighted by Gasteiger charge is 2.11. The second-order valence-electron chi connectivity index (χ2n) is 5.38. The highest BCUT2D eigenvalue weighted by Crippen LogP contribution is 2.30. The summed E-state index contributed by atoms with van der Waals surface area (Å²) in [5.74, 6) is 2.06. The predicted molar refractivity (Wildman–Crippen MR) is 99.7 cm³/mol. The molecule has 1 aromatic heterocycles. The summed E-state index contributed by atoms with van der Waals surface area (Å²) >= 11 is 3.51. The molecule has 0 unspecified atom stereocenters. The maximum absolute atomic E-state index is 5.59. The molecular formula is C19H19BrN2O3. The van der Waals surface area contributed by atoms with Crippen molar-refractivity contribution in [3.05, 3.63) is 64.5 Å². The van der Waals surface area contributed by atoms with Crippen LogP contribution < -0.4 is 14.8 Å². The molecule has 3 rings (SSSR count). The number of halogens is 1. The van der Waals surface area contributed by atoms with E-state index in [4.69, 9.17) is 13.9 Å². The van der Waals surface area contributed by atoms with Crippen molar-refractivity contribution < 1.29 is 13.9 Å². The molecule has 0 amide bonds. The summed E-state index contributed by atoms with van der Waals surface area (Å²) in [5.41, 5.74) is 2.80. The van der Waals surface area contributed by atoms with Gasteiger partial charge in [0.05, 0.1) is 25.5 Å². The van der Waals surface area contributed by atoms with Gasteiger partial charge in [-0.2, -0.15) is 0 Å². The Morgan fingerprint density at radius 2 is 1.88 bits per heavy atom. The van der Waals surface area contributed by atoms with Crippen molar-refractivity contribution in [2.45, 2.75) is 13.1 Å². The summed E-state index contributed by atoms with van der Waals surface area (Å²) < 4.78 is 17.3. The molecule has 0 radical (unpaired) electrons. The van der Waals surface area contributed by atoms with E-state index < -0.39 is 0 Å². The molecule has 0 fully saturated rings. The van der Waals surface area contributed by atoms with Crippen LogP contribution in [-0.4, -0.2) is 19.2 Å². The minimum absolute atomic E-state index is 0.592. The fraction of sp³-hybridized carbons (Fsp3) is 0.211. The predicted octanol–water partition coefficient (Wildman–Crippen LogP) is 4.41. The van der Waals surface area contributed by atoms with Crippen LogP contribution in [0, 0.1) is 0 Å². The van der Waals surface area contributed by atoms with Crippen LogP contribution in [0.1, 0.15) is 11.3 Å². The fourth-order valence-electron chi connectivity index (χ4n) is 2.56. The Kier molecular flexibility index (Phi) is 5.73. The average molecular weight is 403 g/mol. The Morgan fingerprint density at radius 1 is 1.04 bits per heavy atom. The number of benzene rings is 2. The maximum atomic E-state index is 5.59. The van der Waals surface area contributed by atoms with Crippen LogP contribution in [0.15, 0.2) is 57.6 Å². The number of rotatable bonds is 7. The molecule has 0 spiro atoms. The minimum Gasteiger partial charge on any atom is -0.493 e. The molecular weight excluding hydrogens is 384 g/mol. The van der Waals surface area contributed by atoms with Gasteiger partial charge >= 0.3 is 0 Å². The monoisotopic (exact) mass is 402 g/mol. The van der Waals surface area contributed by atoms with E-state index in [-0.39, 0.29) is 0 Å². The van der Waals surface area contributed by atoms with Crippen molar-refractivity contribution in [3.63, 3.8) is 0 Å². The van der Waals surface area contributed by atoms with E-state index in [9.17, 15) is 0 Å². The van der Waals surface area contributed by atoms with E-state index in [1.54, 1.807) is 20.5 Å². The van der Waals surface area contributed by atoms with E-state index in [2.05, 4.69) is 26.2 Å². The van der Waals surface area contributed by atoms with E-state index in [1.165, 1.54) is 0 Å². The Hall–Kier alpha value is -2.31. The molecule has 3 aromatic rings. The first-order chi connectivity index (χ1) is 12.2. The number of nitrogens with one attached hydrogen (secondary N) is 1. The minimum atomic E-state index is 0.592. The number of oxazole rings is 1. The van der Waals surface area contributed by atoms with Crippen molar-refractivity contribution in [2.24, 2.45) is 0 Å². The Balaban J connectivity index is 1.65. The zero-order valence-electron chi connectivity index (χ0n) is 14.1. The molecule has 0 saturated heterocycles. The summed E-state index contributed by atoms with van der Waals surface area (Å²) in [7, 11) is 3.27. The molecule has 0 aliphatic rings. The molecule has 0 saturated carbocycles. The van der Waals surface area contributed by atoms with Gasteiger partial charge in [-0.1, -0.05) is 24.3 Å². The van der Waals surface area contributed by atoms with Crippen LogP contribution in [0.5, 0.6) is 11.5 Å². The lowest BCUT2D eigenvalue weighted by Gasteiger charge is -2.12. The Labute approximate surface area is 155 Å². The summed E-state index contributed by atoms with van der Waals surface area (Å²) in [6.07, 6.45) is 1.67. The molecule has 0 aliphatic heterocycles. The van der Waals surface area contributed by atoms with Crippen molar-refractivity contribution in [1.82, 2.24) is 10.3 Å². The molecule has 0 bridgehead atoms. The standard InChI is InChI=1S/C19H19BrN2O3/c1-23-17-9-5-6-13(18(17)24-2)10-21-11-14-12-25-19(22-14)15-7-3-4-8-16(15)20/h3-9,12,21H,10-11H2,1-2H3. The number of methoxy groups -OCH3 is 2. The second kappa shape index (κ2) is 8.18. The van der Waals surface area contributed by atoms with Crippen LogP contribution in [0.3, 0.4) is 0 Å². The zero-order valence-corrected chi connectivity index (χ0v) is 15.7. The summed E-state index contributed by atoms with van der Waals surface area (Å²) in [5, 5.41) is 3.35. The van der Waals surface area contributed by atoms with E-state index in [0.29, 0.717) is 19.0 Å². The SMILES string of the molecule is COc1cccc(CNCc2coc(-c3ccccc3Br)n2)c1OC. The van der Waals surface area contributed by atoms with Gasteiger partial charge in [0.1, 0.15) is 6.26 Å². The van der Waals surface area contributed by atoms with Crippen LogP contribution in [0.25, 0.3) is 11.5 Å². The fourth-order valence-corrected chi connectivity index (χ4v) is 3.02. The molecule has 0 atom stereocenters. The van der Waals surface area contributed by atoms with Gasteiger partial charge in [-0.3, -0.25) is 0 Å². The van der Waals surface area contributed by atoms with Gasteiger partial charge in [-0.05, 0) is 34.1 Å². The summed E-state index contributed by atoms with van der Waals surface area (Å²) in [4.78, 5) is 4.53. The first-order valence-corrected chi connectivity index (χ1v) is 8.62. The third-order valence-electron chi connectivity index (χ3n) is 3.76. The maximum Gasteiger partial charge on any atom is 0.227 e. The van der Waals surface area contributed by atoms with Gasteiger partial charge in [0.2, 0.25) is 5.89 Å². The van der Waals surface area contributed by atoms with Crippen molar-refractivity contribution in [2.75, 3.05) is 14.2 Å². The molecule has 6 heteroatoms. The normalized spacial score (nSPS) is 10.7. The lowest BCUT2D eigenvalue weighted by molar-refractivity contribution is 0.350. The molecule has 0 aliphatic carbocycles. The van der Waals surface area contributed by atoms with Crippen LogP contribution >= 0.6 is 15.9 Å². The average Bonchev–Trinajstić information content (AvgIpc) is 3.10. The molecule has 1 heterocycles.